The Labute approximate surface area is 179 Å². The molecule has 0 fully saturated rings. The van der Waals surface area contributed by atoms with Crippen LogP contribution in [0.2, 0.25) is 0 Å². The lowest BCUT2D eigenvalue weighted by molar-refractivity contribution is 1.74. The highest BCUT2D eigenvalue weighted by Gasteiger charge is 2.14. The van der Waals surface area contributed by atoms with E-state index in [0.717, 1.165) is 5.30 Å². The van der Waals surface area contributed by atoms with Crippen molar-refractivity contribution in [1.29, 1.82) is 0 Å². The van der Waals surface area contributed by atoms with E-state index in [9.17, 15) is 0 Å². The molecule has 0 spiro atoms. The lowest BCUT2D eigenvalue weighted by atomic mass is 10.4. The number of rotatable bonds is 4. The summed E-state index contributed by atoms with van der Waals surface area (Å²) in [7, 11) is -0.446. The van der Waals surface area contributed by atoms with Crippen LogP contribution in [-0.4, -0.2) is 0 Å². The fourth-order valence-corrected chi connectivity index (χ4v) is 6.10. The topological polar surface area (TPSA) is 0 Å². The Balaban J connectivity index is 0.000000211. The van der Waals surface area contributed by atoms with Gasteiger partial charge in [-0.1, -0.05) is 144 Å². The summed E-state index contributed by atoms with van der Waals surface area (Å²) >= 11 is 11.3. The molecule has 0 aliphatic heterocycles. The van der Waals surface area contributed by atoms with Crippen molar-refractivity contribution in [2.24, 2.45) is 0 Å². The van der Waals surface area contributed by atoms with Gasteiger partial charge in [-0.2, -0.15) is 0 Å². The van der Waals surface area contributed by atoms with Gasteiger partial charge in [-0.3, -0.25) is 0 Å². The van der Waals surface area contributed by atoms with Gasteiger partial charge in [-0.15, -0.1) is 0 Å². The summed E-state index contributed by atoms with van der Waals surface area (Å²) in [6.07, 6.45) is 0. The van der Waals surface area contributed by atoms with Crippen molar-refractivity contribution < 1.29 is 0 Å². The molecule has 0 atom stereocenters. The van der Waals surface area contributed by atoms with Crippen LogP contribution < -0.4 is 21.2 Å². The Morgan fingerprint density at radius 1 is 0.357 bits per heavy atom. The Morgan fingerprint density at radius 2 is 0.607 bits per heavy atom. The fraction of sp³-hybridized carbons (Fsp3) is 0. The molecule has 4 aromatic rings. The smallest absolute Gasteiger partial charge is 0.0727 e. The van der Waals surface area contributed by atoms with Gasteiger partial charge in [-0.05, 0) is 23.8 Å². The number of hydrogen-bond acceptors (Lipinski definition) is 0. The molecule has 0 aliphatic rings. The van der Waals surface area contributed by atoms with Crippen molar-refractivity contribution in [1.82, 2.24) is 0 Å². The minimum absolute atomic E-state index is 0.446. The van der Waals surface area contributed by atoms with Crippen LogP contribution in [0.25, 0.3) is 0 Å². The van der Waals surface area contributed by atoms with Gasteiger partial charge >= 0.3 is 0 Å². The summed E-state index contributed by atoms with van der Waals surface area (Å²) in [6, 6.07) is 42.0. The summed E-state index contributed by atoms with van der Waals surface area (Å²) in [6.45, 7) is -0.951. The monoisotopic (exact) mass is 440 g/mol. The van der Waals surface area contributed by atoms with E-state index in [4.69, 9.17) is 22.5 Å². The minimum Gasteiger partial charge on any atom is -0.0727 e. The predicted octanol–water partition coefficient (Wildman–Crippen LogP) is 6.55. The van der Waals surface area contributed by atoms with E-state index in [1.165, 1.54) is 15.9 Å². The van der Waals surface area contributed by atoms with E-state index in [1.807, 2.05) is 30.3 Å². The molecule has 28 heavy (non-hydrogen) atoms. The number of hydrogen-bond donors (Lipinski definition) is 0. The molecule has 0 bridgehead atoms. The third kappa shape index (κ3) is 6.16. The molecule has 140 valence electrons. The number of benzene rings is 4. The first-order valence-electron chi connectivity index (χ1n) is 8.88. The van der Waals surface area contributed by atoms with Gasteiger partial charge in [0.25, 0.3) is 0 Å². The predicted molar refractivity (Wildman–Crippen MR) is 130 cm³/mol. The molecular weight excluding hydrogens is 421 g/mol. The highest BCUT2D eigenvalue weighted by atomic mass is 35.9. The Bertz CT molecular complexity index is 837. The van der Waals surface area contributed by atoms with Crippen molar-refractivity contribution in [3.05, 3.63) is 121 Å². The fourth-order valence-electron chi connectivity index (χ4n) is 2.72. The zero-order chi connectivity index (χ0) is 19.6. The lowest BCUT2D eigenvalue weighted by Gasteiger charge is -2.18. The van der Waals surface area contributed by atoms with Gasteiger partial charge in [0.2, 0.25) is 0 Å². The van der Waals surface area contributed by atoms with Gasteiger partial charge in [0.15, 0.2) is 0 Å². The Hall–Kier alpha value is -1.68. The standard InChI is InChI=1S/C18H15P.C6H5Cl2P/c1-4-10-16(11-5-1)19(17-12-6-2-7-13-17)18-14-8-3-9-15-18;7-9(8)6-4-2-1-3-5-6/h1-15H;1-5H. The van der Waals surface area contributed by atoms with Crippen LogP contribution in [0, 0.1) is 0 Å². The van der Waals surface area contributed by atoms with Gasteiger partial charge in [0, 0.05) is 5.30 Å². The van der Waals surface area contributed by atoms with Crippen LogP contribution in [0.1, 0.15) is 0 Å². The highest BCUT2D eigenvalue weighted by Crippen LogP contribution is 2.44. The van der Waals surface area contributed by atoms with Gasteiger partial charge in [-0.25, -0.2) is 0 Å². The third-order valence-electron chi connectivity index (χ3n) is 3.99. The van der Waals surface area contributed by atoms with Gasteiger partial charge < -0.3 is 0 Å². The molecule has 0 amide bonds. The normalized spacial score (nSPS) is 10.4. The minimum atomic E-state index is -0.951. The molecule has 0 saturated carbocycles. The molecule has 0 nitrogen and oxygen atoms in total. The summed E-state index contributed by atoms with van der Waals surface area (Å²) in [5.41, 5.74) is 0. The van der Waals surface area contributed by atoms with Crippen LogP contribution in [0.4, 0.5) is 0 Å². The second kappa shape index (κ2) is 11.4. The Morgan fingerprint density at radius 3 is 0.821 bits per heavy atom. The van der Waals surface area contributed by atoms with Crippen molar-refractivity contribution in [2.45, 2.75) is 0 Å². The Kier molecular flexibility index (Phi) is 8.53. The lowest BCUT2D eigenvalue weighted by Crippen LogP contribution is -2.20. The maximum Gasteiger partial charge on any atom is 0.116 e. The second-order valence-electron chi connectivity index (χ2n) is 5.91. The van der Waals surface area contributed by atoms with E-state index in [1.54, 1.807) is 0 Å². The zero-order valence-electron chi connectivity index (χ0n) is 15.2. The first-order chi connectivity index (χ1) is 13.8. The van der Waals surface area contributed by atoms with E-state index in [-0.39, 0.29) is 0 Å². The van der Waals surface area contributed by atoms with Crippen molar-refractivity contribution in [2.75, 3.05) is 0 Å². The van der Waals surface area contributed by atoms with E-state index in [2.05, 4.69) is 91.0 Å². The third-order valence-corrected chi connectivity index (χ3v) is 8.30. The summed E-state index contributed by atoms with van der Waals surface area (Å²) in [4.78, 5) is 0. The SMILES string of the molecule is ClP(Cl)c1ccccc1.c1ccc(P(c2ccccc2)c2ccccc2)cc1. The van der Waals surface area contributed by atoms with Crippen LogP contribution >= 0.6 is 37.0 Å². The van der Waals surface area contributed by atoms with Gasteiger partial charge in [0.05, 0.1) is 0 Å². The van der Waals surface area contributed by atoms with E-state index < -0.39 is 14.5 Å². The molecule has 4 rings (SSSR count). The molecule has 0 aromatic heterocycles. The quantitative estimate of drug-likeness (QED) is 0.315. The summed E-state index contributed by atoms with van der Waals surface area (Å²) in [5, 5.41) is 5.20. The van der Waals surface area contributed by atoms with Crippen LogP contribution in [0.3, 0.4) is 0 Å². The van der Waals surface area contributed by atoms with E-state index >= 15 is 0 Å². The van der Waals surface area contributed by atoms with Crippen LogP contribution in [0.5, 0.6) is 0 Å². The summed E-state index contributed by atoms with van der Waals surface area (Å²) in [5.74, 6) is 0. The van der Waals surface area contributed by atoms with Crippen LogP contribution in [0.15, 0.2) is 121 Å². The largest absolute Gasteiger partial charge is 0.116 e. The molecular formula is C24H20Cl2P2. The van der Waals surface area contributed by atoms with Crippen molar-refractivity contribution in [3.8, 4) is 0 Å². The highest BCUT2D eigenvalue weighted by molar-refractivity contribution is 8.08. The van der Waals surface area contributed by atoms with Crippen molar-refractivity contribution in [3.63, 3.8) is 0 Å². The molecule has 0 unspecified atom stereocenters. The number of halogens is 2. The maximum atomic E-state index is 5.63. The molecule has 0 radical (unpaired) electrons. The summed E-state index contributed by atoms with van der Waals surface area (Å²) < 4.78 is 0. The maximum absolute atomic E-state index is 5.63. The van der Waals surface area contributed by atoms with Gasteiger partial charge in [0.1, 0.15) is 6.63 Å². The molecule has 0 aliphatic carbocycles. The second-order valence-corrected chi connectivity index (χ2v) is 11.7. The van der Waals surface area contributed by atoms with Crippen molar-refractivity contribution >= 4 is 58.2 Å². The average Bonchev–Trinajstić information content (AvgIpc) is 2.77. The first-order valence-corrected chi connectivity index (χ1v) is 13.4. The molecule has 4 heteroatoms. The van der Waals surface area contributed by atoms with E-state index in [0.29, 0.717) is 0 Å². The first kappa shape index (κ1) is 21.0. The van der Waals surface area contributed by atoms with Crippen LogP contribution in [-0.2, 0) is 0 Å². The molecule has 0 saturated heterocycles. The molecule has 0 heterocycles. The molecule has 4 aromatic carbocycles. The average molecular weight is 441 g/mol. The zero-order valence-corrected chi connectivity index (χ0v) is 18.5. The molecule has 0 N–H and O–H groups in total.